The molecule has 2 aromatic heterocycles. The van der Waals surface area contributed by atoms with E-state index >= 15 is 0 Å². The summed E-state index contributed by atoms with van der Waals surface area (Å²) in [6, 6.07) is 22.2. The monoisotopic (exact) mass is 788 g/mol. The van der Waals surface area contributed by atoms with Crippen LogP contribution >= 0.6 is 0 Å². The third kappa shape index (κ3) is 9.39. The molecular weight excluding hydrogens is 736 g/mol. The Balaban J connectivity index is 0.949. The zero-order valence-electron chi connectivity index (χ0n) is 33.5. The van der Waals surface area contributed by atoms with Crippen molar-refractivity contribution in [1.82, 2.24) is 40.7 Å². The van der Waals surface area contributed by atoms with E-state index in [2.05, 4.69) is 85.7 Å². The maximum Gasteiger partial charge on any atom is 0.257 e. The number of H-pyrrole nitrogens is 1. The van der Waals surface area contributed by atoms with Crippen molar-refractivity contribution in [3.8, 4) is 22.8 Å². The van der Waals surface area contributed by atoms with Crippen molar-refractivity contribution >= 4 is 22.8 Å². The lowest BCUT2D eigenvalue weighted by Gasteiger charge is -2.36. The van der Waals surface area contributed by atoms with Gasteiger partial charge in [0, 0.05) is 62.9 Å². The molecule has 8 rings (SSSR count). The van der Waals surface area contributed by atoms with Crippen molar-refractivity contribution in [3.63, 3.8) is 0 Å². The van der Waals surface area contributed by atoms with Crippen molar-refractivity contribution in [3.05, 3.63) is 107 Å². The number of aromatic nitrogens is 3. The van der Waals surface area contributed by atoms with Gasteiger partial charge < -0.3 is 30.4 Å². The van der Waals surface area contributed by atoms with Gasteiger partial charge in [0.15, 0.2) is 0 Å². The van der Waals surface area contributed by atoms with Crippen LogP contribution in [0.3, 0.4) is 0 Å². The highest BCUT2D eigenvalue weighted by Gasteiger charge is 2.27. The van der Waals surface area contributed by atoms with Crippen LogP contribution in [0.15, 0.2) is 79.3 Å². The highest BCUT2D eigenvalue weighted by molar-refractivity contribution is 6.04. The fourth-order valence-electron chi connectivity index (χ4n) is 8.77. The van der Waals surface area contributed by atoms with E-state index in [1.165, 1.54) is 17.2 Å². The summed E-state index contributed by atoms with van der Waals surface area (Å²) in [6.45, 7) is 12.7. The molecule has 3 aromatic carbocycles. The molecule has 0 spiro atoms. The lowest BCUT2D eigenvalue weighted by atomic mass is 9.90. The second-order valence-corrected chi connectivity index (χ2v) is 16.3. The summed E-state index contributed by atoms with van der Waals surface area (Å²) >= 11 is 0. The number of pyridine rings is 1. The number of ether oxygens (including phenoxy) is 2. The smallest absolute Gasteiger partial charge is 0.257 e. The number of amides is 2. The first kappa shape index (κ1) is 39.6. The van der Waals surface area contributed by atoms with Crippen LogP contribution in [0.2, 0.25) is 0 Å². The SMILES string of the molecule is CC1CN(Cc2ccc(-c3cccc(Oc4ncc(F)cc4C(=O)NC4CCC(NC(=O)c5cccc6[nH]cnc56)CC4)c3)c(CN3CCOCC3C)c2)CC(C)N1. The Labute approximate surface area is 338 Å². The zero-order chi connectivity index (χ0) is 40.2. The molecule has 3 aliphatic rings. The first-order chi connectivity index (χ1) is 28.1. The third-order valence-corrected chi connectivity index (χ3v) is 11.6. The first-order valence-electron chi connectivity index (χ1n) is 20.5. The van der Waals surface area contributed by atoms with Gasteiger partial charge in [-0.3, -0.25) is 19.4 Å². The number of aromatic amines is 1. The molecule has 4 heterocycles. The van der Waals surface area contributed by atoms with Gasteiger partial charge in [0.1, 0.15) is 22.6 Å². The molecule has 3 fully saturated rings. The van der Waals surface area contributed by atoms with Gasteiger partial charge >= 0.3 is 0 Å². The Morgan fingerprint density at radius 1 is 0.879 bits per heavy atom. The number of morpholine rings is 1. The van der Waals surface area contributed by atoms with Crippen LogP contribution in [0.1, 0.15) is 78.3 Å². The van der Waals surface area contributed by atoms with Crippen LogP contribution in [0.4, 0.5) is 4.39 Å². The zero-order valence-corrected chi connectivity index (χ0v) is 33.5. The second-order valence-electron chi connectivity index (χ2n) is 16.3. The van der Waals surface area contributed by atoms with E-state index in [1.54, 1.807) is 12.4 Å². The molecule has 3 atom stereocenters. The van der Waals surface area contributed by atoms with Gasteiger partial charge in [-0.2, -0.15) is 0 Å². The van der Waals surface area contributed by atoms with Crippen LogP contribution in [0.25, 0.3) is 22.2 Å². The fourth-order valence-corrected chi connectivity index (χ4v) is 8.77. The molecule has 58 heavy (non-hydrogen) atoms. The Morgan fingerprint density at radius 2 is 1.62 bits per heavy atom. The summed E-state index contributed by atoms with van der Waals surface area (Å²) in [6.07, 6.45) is 5.33. The van der Waals surface area contributed by atoms with Gasteiger partial charge in [0.05, 0.1) is 36.8 Å². The molecule has 0 bridgehead atoms. The molecule has 1 saturated carbocycles. The number of hydrogen-bond acceptors (Lipinski definition) is 9. The number of carbonyl (C=O) groups is 2. The van der Waals surface area contributed by atoms with Gasteiger partial charge in [-0.25, -0.2) is 14.4 Å². The molecule has 3 unspecified atom stereocenters. The summed E-state index contributed by atoms with van der Waals surface area (Å²) in [5.41, 5.74) is 6.57. The summed E-state index contributed by atoms with van der Waals surface area (Å²) < 4.78 is 26.7. The number of benzene rings is 3. The third-order valence-electron chi connectivity index (χ3n) is 11.6. The molecule has 5 aromatic rings. The summed E-state index contributed by atoms with van der Waals surface area (Å²) in [5.74, 6) is -0.734. The summed E-state index contributed by atoms with van der Waals surface area (Å²) in [4.78, 5) is 43.3. The number of nitrogens with one attached hydrogen (secondary N) is 4. The van der Waals surface area contributed by atoms with E-state index in [1.807, 2.05) is 30.3 Å². The quantitative estimate of drug-likeness (QED) is 0.119. The standard InChI is InChI=1S/C45H53FN8O4/c1-28-22-53(23-29(2)50-28)24-31-10-15-38(33(18-31)25-54-16-17-57-26-30(54)3)32-6-4-7-37(19-32)58-45-40(20-34(46)21-47-45)44(56)52-36-13-11-35(12-14-36)51-43(55)39-8-5-9-41-42(39)49-27-48-41/h4-10,15,18-21,27-30,35-36,50H,11-14,16-17,22-26H2,1-3H3,(H,48,49)(H,51,55)(H,52,56). The minimum atomic E-state index is -0.628. The average Bonchev–Trinajstić information content (AvgIpc) is 3.70. The largest absolute Gasteiger partial charge is 0.438 e. The van der Waals surface area contributed by atoms with Gasteiger partial charge in [-0.05, 0) is 99.0 Å². The van der Waals surface area contributed by atoms with Crippen molar-refractivity contribution in [1.29, 1.82) is 0 Å². The molecule has 2 aliphatic heterocycles. The fraction of sp³-hybridized carbons (Fsp3) is 0.422. The number of imidazole rings is 1. The number of carbonyl (C=O) groups excluding carboxylic acids is 2. The number of piperazine rings is 1. The maximum atomic E-state index is 14.6. The number of halogens is 1. The molecule has 13 heteroatoms. The number of rotatable bonds is 11. The molecule has 12 nitrogen and oxygen atoms in total. The number of para-hydroxylation sites is 1. The minimum Gasteiger partial charge on any atom is -0.438 e. The molecule has 2 amide bonds. The molecular formula is C45H53FN8O4. The van der Waals surface area contributed by atoms with Crippen LogP contribution in [0, 0.1) is 5.82 Å². The number of hydrogen-bond donors (Lipinski definition) is 4. The molecule has 2 saturated heterocycles. The lowest BCUT2D eigenvalue weighted by molar-refractivity contribution is -0.00431. The average molecular weight is 789 g/mol. The van der Waals surface area contributed by atoms with E-state index in [9.17, 15) is 14.0 Å². The Hall–Kier alpha value is -5.21. The molecule has 0 radical (unpaired) electrons. The highest BCUT2D eigenvalue weighted by Crippen LogP contribution is 2.33. The predicted molar refractivity (Wildman–Crippen MR) is 221 cm³/mol. The topological polar surface area (TPSA) is 137 Å². The molecule has 4 N–H and O–H groups in total. The van der Waals surface area contributed by atoms with Crippen molar-refractivity contribution in [2.75, 3.05) is 32.8 Å². The van der Waals surface area contributed by atoms with Crippen molar-refractivity contribution < 1.29 is 23.5 Å². The second kappa shape index (κ2) is 17.7. The van der Waals surface area contributed by atoms with E-state index in [4.69, 9.17) is 9.47 Å². The van der Waals surface area contributed by atoms with Crippen LogP contribution in [-0.2, 0) is 17.8 Å². The number of fused-ring (bicyclic) bond motifs is 1. The van der Waals surface area contributed by atoms with E-state index in [-0.39, 0.29) is 29.4 Å². The van der Waals surface area contributed by atoms with Gasteiger partial charge in [0.25, 0.3) is 11.8 Å². The van der Waals surface area contributed by atoms with Crippen molar-refractivity contribution in [2.24, 2.45) is 0 Å². The molecule has 304 valence electrons. The Bertz CT molecular complexity index is 2230. The maximum absolute atomic E-state index is 14.6. The van der Waals surface area contributed by atoms with Gasteiger partial charge in [-0.1, -0.05) is 36.4 Å². The predicted octanol–water partition coefficient (Wildman–Crippen LogP) is 6.43. The number of nitrogens with zero attached hydrogens (tertiary/aromatic N) is 4. The molecule has 1 aliphatic carbocycles. The van der Waals surface area contributed by atoms with Gasteiger partial charge in [0.2, 0.25) is 5.88 Å². The van der Waals surface area contributed by atoms with Crippen LogP contribution in [-0.4, -0.2) is 99.6 Å². The van der Waals surface area contributed by atoms with Gasteiger partial charge in [-0.15, -0.1) is 0 Å². The Kier molecular flexibility index (Phi) is 12.1. The lowest BCUT2D eigenvalue weighted by Crippen LogP contribution is -2.53. The van der Waals surface area contributed by atoms with E-state index in [0.29, 0.717) is 73.9 Å². The van der Waals surface area contributed by atoms with E-state index < -0.39 is 11.7 Å². The normalized spacial score (nSPS) is 23.1. The van der Waals surface area contributed by atoms with Crippen LogP contribution < -0.4 is 20.7 Å². The highest BCUT2D eigenvalue weighted by atomic mass is 19.1. The summed E-state index contributed by atoms with van der Waals surface area (Å²) in [5, 5.41) is 9.83. The van der Waals surface area contributed by atoms with Crippen molar-refractivity contribution in [2.45, 2.75) is 89.8 Å². The summed E-state index contributed by atoms with van der Waals surface area (Å²) in [7, 11) is 0. The minimum absolute atomic E-state index is 0.0239. The Morgan fingerprint density at radius 3 is 2.38 bits per heavy atom. The van der Waals surface area contributed by atoms with E-state index in [0.717, 1.165) is 55.6 Å². The first-order valence-corrected chi connectivity index (χ1v) is 20.5. The van der Waals surface area contributed by atoms with Crippen LogP contribution in [0.5, 0.6) is 11.6 Å².